The number of carbonyl (C=O) groups excluding carboxylic acids is 2. The Kier molecular flexibility index (Phi) is 4.75. The minimum atomic E-state index is -0.130. The molecule has 5 aliphatic rings. The molecule has 0 aromatic rings. The molecule has 0 radical (unpaired) electrons. The third-order valence-electron chi connectivity index (χ3n) is 11.0. The quantitative estimate of drug-likeness (QED) is 0.461. The highest BCUT2D eigenvalue weighted by Gasteiger charge is 2.72. The second-order valence-corrected chi connectivity index (χ2v) is 11.9. The van der Waals surface area contributed by atoms with Crippen LogP contribution < -0.4 is 0 Å². The Labute approximate surface area is 181 Å². The van der Waals surface area contributed by atoms with E-state index in [9.17, 15) is 9.59 Å². The van der Waals surface area contributed by atoms with Crippen molar-refractivity contribution < 1.29 is 19.1 Å². The van der Waals surface area contributed by atoms with E-state index in [4.69, 9.17) is 9.47 Å². The Morgan fingerprint density at radius 2 is 1.90 bits per heavy atom. The first-order chi connectivity index (χ1) is 14.2. The number of rotatable bonds is 3. The van der Waals surface area contributed by atoms with Crippen molar-refractivity contribution in [3.63, 3.8) is 0 Å². The maximum absolute atomic E-state index is 12.8. The number of ether oxygens (including phenoxy) is 2. The molecule has 2 unspecified atom stereocenters. The number of fused-ring (bicyclic) bond motifs is 5. The SMILES string of the molecule is CCC1OC1[C@]12CC[C@H]3[C@@H]4CC[C@H](OC(C)=O)[C@@]4(C)CC[C@@H]3[C@@]1(C)[C@@H](C)CC(=O)C2. The number of epoxide rings is 1. The zero-order valence-corrected chi connectivity index (χ0v) is 19.5. The molecule has 1 heterocycles. The largest absolute Gasteiger partial charge is 0.462 e. The first-order valence-corrected chi connectivity index (χ1v) is 12.5. The minimum absolute atomic E-state index is 0.0330. The summed E-state index contributed by atoms with van der Waals surface area (Å²) in [6.45, 7) is 11.1. The van der Waals surface area contributed by atoms with Crippen molar-refractivity contribution >= 4 is 11.8 Å². The molecule has 4 saturated carbocycles. The highest BCUT2D eigenvalue weighted by Crippen LogP contribution is 2.73. The van der Waals surface area contributed by atoms with E-state index in [2.05, 4.69) is 27.7 Å². The smallest absolute Gasteiger partial charge is 0.302 e. The zero-order chi connectivity index (χ0) is 21.5. The third-order valence-corrected chi connectivity index (χ3v) is 11.0. The fourth-order valence-corrected chi connectivity index (χ4v) is 9.44. The minimum Gasteiger partial charge on any atom is -0.462 e. The predicted octanol–water partition coefficient (Wildman–Crippen LogP) is 5.32. The fourth-order valence-electron chi connectivity index (χ4n) is 9.44. The van der Waals surface area contributed by atoms with Crippen LogP contribution in [0.3, 0.4) is 0 Å². The van der Waals surface area contributed by atoms with Gasteiger partial charge in [0.1, 0.15) is 11.9 Å². The molecular formula is C26H40O4. The van der Waals surface area contributed by atoms with Gasteiger partial charge in [0.15, 0.2) is 0 Å². The molecule has 0 amide bonds. The monoisotopic (exact) mass is 416 g/mol. The summed E-state index contributed by atoms with van der Waals surface area (Å²) in [6.07, 6.45) is 10.1. The lowest BCUT2D eigenvalue weighted by atomic mass is 9.37. The molecule has 1 saturated heterocycles. The van der Waals surface area contributed by atoms with Crippen molar-refractivity contribution in [2.75, 3.05) is 0 Å². The van der Waals surface area contributed by atoms with E-state index in [0.29, 0.717) is 35.6 Å². The molecule has 30 heavy (non-hydrogen) atoms. The van der Waals surface area contributed by atoms with Crippen LogP contribution in [0, 0.1) is 39.9 Å². The van der Waals surface area contributed by atoms with Gasteiger partial charge in [-0.2, -0.15) is 0 Å². The van der Waals surface area contributed by atoms with Crippen LogP contribution in [0.4, 0.5) is 0 Å². The van der Waals surface area contributed by atoms with E-state index >= 15 is 0 Å². The van der Waals surface area contributed by atoms with Crippen LogP contribution in [0.15, 0.2) is 0 Å². The summed E-state index contributed by atoms with van der Waals surface area (Å²) in [7, 11) is 0. The molecular weight excluding hydrogens is 376 g/mol. The Hall–Kier alpha value is -0.900. The van der Waals surface area contributed by atoms with Crippen molar-refractivity contribution in [2.24, 2.45) is 39.9 Å². The molecule has 0 aromatic carbocycles. The third kappa shape index (κ3) is 2.61. The molecule has 0 bridgehead atoms. The summed E-state index contributed by atoms with van der Waals surface area (Å²) in [5.74, 6) is 2.74. The van der Waals surface area contributed by atoms with Crippen LogP contribution in [0.2, 0.25) is 0 Å². The van der Waals surface area contributed by atoms with Crippen molar-refractivity contribution in [3.05, 3.63) is 0 Å². The molecule has 168 valence electrons. The lowest BCUT2D eigenvalue weighted by Gasteiger charge is -2.66. The van der Waals surface area contributed by atoms with Crippen molar-refractivity contribution in [1.29, 1.82) is 0 Å². The summed E-state index contributed by atoms with van der Waals surface area (Å²) < 4.78 is 12.1. The number of hydrogen-bond acceptors (Lipinski definition) is 4. The van der Waals surface area contributed by atoms with Crippen LogP contribution in [-0.4, -0.2) is 30.1 Å². The second-order valence-electron chi connectivity index (χ2n) is 11.9. The summed E-state index contributed by atoms with van der Waals surface area (Å²) in [5, 5.41) is 0. The molecule has 0 N–H and O–H groups in total. The normalized spacial score (nSPS) is 54.7. The number of ketones is 1. The number of carbonyl (C=O) groups is 2. The summed E-state index contributed by atoms with van der Waals surface area (Å²) in [6, 6.07) is 0. The Morgan fingerprint density at radius 1 is 1.13 bits per heavy atom. The fraction of sp³-hybridized carbons (Fsp3) is 0.923. The van der Waals surface area contributed by atoms with Crippen LogP contribution in [0.5, 0.6) is 0 Å². The zero-order valence-electron chi connectivity index (χ0n) is 19.5. The van der Waals surface area contributed by atoms with E-state index in [1.807, 2.05) is 0 Å². The van der Waals surface area contributed by atoms with Gasteiger partial charge in [0.25, 0.3) is 0 Å². The average Bonchev–Trinajstić information content (AvgIpc) is 3.41. The van der Waals surface area contributed by atoms with E-state index in [1.54, 1.807) is 6.92 Å². The first kappa shape index (κ1) is 21.0. The molecule has 4 heteroatoms. The van der Waals surface area contributed by atoms with E-state index in [-0.39, 0.29) is 34.4 Å². The summed E-state index contributed by atoms with van der Waals surface area (Å²) in [5.41, 5.74) is 0.323. The van der Waals surface area contributed by atoms with Crippen molar-refractivity contribution in [3.8, 4) is 0 Å². The number of Topliss-reactive ketones (excluding diaryl/α,β-unsaturated/α-hetero) is 1. The first-order valence-electron chi connectivity index (χ1n) is 12.5. The standard InChI is InChI=1S/C26H40O4/c1-6-21-23(30-21)26-12-9-18-19-7-8-22(29-16(3)27)24(19,4)11-10-20(18)25(26,5)15(2)13-17(28)14-26/h15,18-23H,6-14H2,1-5H3/t15-,18-,19-,20-,21?,22-,23?,24-,25+,26+/m0/s1. The highest BCUT2D eigenvalue weighted by molar-refractivity contribution is 5.81. The Bertz CT molecular complexity index is 747. The van der Waals surface area contributed by atoms with Crippen LogP contribution in [0.25, 0.3) is 0 Å². The summed E-state index contributed by atoms with van der Waals surface area (Å²) >= 11 is 0. The molecule has 4 nitrogen and oxygen atoms in total. The van der Waals surface area contributed by atoms with Gasteiger partial charge in [-0.25, -0.2) is 0 Å². The van der Waals surface area contributed by atoms with Gasteiger partial charge in [-0.3, -0.25) is 9.59 Å². The van der Waals surface area contributed by atoms with Gasteiger partial charge >= 0.3 is 5.97 Å². The lowest BCUT2D eigenvalue weighted by molar-refractivity contribution is -0.197. The Balaban J connectivity index is 1.49. The molecule has 5 fully saturated rings. The maximum atomic E-state index is 12.8. The maximum Gasteiger partial charge on any atom is 0.302 e. The van der Waals surface area contributed by atoms with Gasteiger partial charge in [0.2, 0.25) is 0 Å². The molecule has 4 aliphatic carbocycles. The van der Waals surface area contributed by atoms with Gasteiger partial charge in [-0.05, 0) is 74.0 Å². The molecule has 0 aromatic heterocycles. The molecule has 1 aliphatic heterocycles. The predicted molar refractivity (Wildman–Crippen MR) is 115 cm³/mol. The van der Waals surface area contributed by atoms with Crippen LogP contribution in [-0.2, 0) is 19.1 Å². The van der Waals surface area contributed by atoms with Gasteiger partial charge in [0, 0.05) is 30.6 Å². The number of esters is 1. The van der Waals surface area contributed by atoms with E-state index < -0.39 is 0 Å². The van der Waals surface area contributed by atoms with Gasteiger partial charge < -0.3 is 9.47 Å². The average molecular weight is 417 g/mol. The molecule has 10 atom stereocenters. The topological polar surface area (TPSA) is 55.9 Å². The van der Waals surface area contributed by atoms with E-state index in [1.165, 1.54) is 19.3 Å². The lowest BCUT2D eigenvalue weighted by Crippen LogP contribution is -2.63. The second kappa shape index (κ2) is 6.80. The van der Waals surface area contributed by atoms with E-state index in [0.717, 1.165) is 38.5 Å². The van der Waals surface area contributed by atoms with Gasteiger partial charge in [-0.15, -0.1) is 0 Å². The summed E-state index contributed by atoms with van der Waals surface area (Å²) in [4.78, 5) is 24.6. The van der Waals surface area contributed by atoms with Crippen LogP contribution in [0.1, 0.15) is 92.4 Å². The van der Waals surface area contributed by atoms with Crippen molar-refractivity contribution in [2.45, 2.75) is 111 Å². The molecule has 5 rings (SSSR count). The molecule has 0 spiro atoms. The van der Waals surface area contributed by atoms with Crippen molar-refractivity contribution in [1.82, 2.24) is 0 Å². The van der Waals surface area contributed by atoms with Crippen LogP contribution >= 0.6 is 0 Å². The Morgan fingerprint density at radius 3 is 2.57 bits per heavy atom. The van der Waals surface area contributed by atoms with Gasteiger partial charge in [0.05, 0.1) is 12.2 Å². The van der Waals surface area contributed by atoms with Gasteiger partial charge in [-0.1, -0.05) is 27.7 Å². The number of hydrogen-bond donors (Lipinski definition) is 0. The highest BCUT2D eigenvalue weighted by atomic mass is 16.6.